The minimum atomic E-state index is 0.425. The van der Waals surface area contributed by atoms with Gasteiger partial charge in [0.1, 0.15) is 0 Å². The maximum atomic E-state index is 3.67. The van der Waals surface area contributed by atoms with Crippen LogP contribution in [0.3, 0.4) is 0 Å². The minimum Gasteiger partial charge on any atom is -0.313 e. The fraction of sp³-hybridized carbons (Fsp3) is 0.647. The van der Waals surface area contributed by atoms with Crippen molar-refractivity contribution in [3.05, 3.63) is 34.3 Å². The van der Waals surface area contributed by atoms with Gasteiger partial charge in [-0.1, -0.05) is 41.1 Å². The lowest BCUT2D eigenvalue weighted by Crippen LogP contribution is -2.47. The molecule has 1 N–H and O–H groups in total. The van der Waals surface area contributed by atoms with Crippen LogP contribution in [-0.2, 0) is 0 Å². The van der Waals surface area contributed by atoms with Crippen molar-refractivity contribution in [1.82, 2.24) is 15.1 Å². The highest BCUT2D eigenvalue weighted by molar-refractivity contribution is 9.10. The number of nitrogens with one attached hydrogen (secondary N) is 1. The first-order valence-electron chi connectivity index (χ1n) is 8.11. The second-order valence-corrected chi connectivity index (χ2v) is 6.69. The zero-order chi connectivity index (χ0) is 15.1. The van der Waals surface area contributed by atoms with Gasteiger partial charge in [0.25, 0.3) is 0 Å². The molecule has 1 aliphatic heterocycles. The van der Waals surface area contributed by atoms with Crippen LogP contribution in [0.15, 0.2) is 28.7 Å². The van der Waals surface area contributed by atoms with Crippen molar-refractivity contribution in [2.45, 2.75) is 25.8 Å². The van der Waals surface area contributed by atoms with Crippen LogP contribution in [0.5, 0.6) is 0 Å². The third-order valence-electron chi connectivity index (χ3n) is 4.37. The molecule has 0 radical (unpaired) electrons. The van der Waals surface area contributed by atoms with Gasteiger partial charge in [0.15, 0.2) is 0 Å². The van der Waals surface area contributed by atoms with E-state index in [1.54, 1.807) is 0 Å². The molecule has 0 amide bonds. The summed E-state index contributed by atoms with van der Waals surface area (Å²) in [6.07, 6.45) is 2.43. The molecule has 0 aromatic heterocycles. The molecule has 1 aliphatic rings. The van der Waals surface area contributed by atoms with E-state index >= 15 is 0 Å². The van der Waals surface area contributed by atoms with Crippen molar-refractivity contribution in [3.8, 4) is 0 Å². The van der Waals surface area contributed by atoms with E-state index in [1.807, 2.05) is 0 Å². The predicted octanol–water partition coefficient (Wildman–Crippen LogP) is 3.13. The molecule has 1 heterocycles. The molecule has 1 aromatic carbocycles. The Labute approximate surface area is 137 Å². The van der Waals surface area contributed by atoms with Crippen LogP contribution in [0.1, 0.15) is 31.4 Å². The topological polar surface area (TPSA) is 18.5 Å². The van der Waals surface area contributed by atoms with E-state index in [9.17, 15) is 0 Å². The quantitative estimate of drug-likeness (QED) is 0.812. The number of piperazine rings is 1. The minimum absolute atomic E-state index is 0.425. The Kier molecular flexibility index (Phi) is 7.17. The van der Waals surface area contributed by atoms with Gasteiger partial charge in [-0.3, -0.25) is 0 Å². The van der Waals surface area contributed by atoms with Gasteiger partial charge < -0.3 is 15.1 Å². The van der Waals surface area contributed by atoms with E-state index in [0.717, 1.165) is 6.42 Å². The molecule has 4 heteroatoms. The van der Waals surface area contributed by atoms with Gasteiger partial charge in [0, 0.05) is 43.2 Å². The van der Waals surface area contributed by atoms with Crippen molar-refractivity contribution in [2.24, 2.45) is 0 Å². The van der Waals surface area contributed by atoms with Gasteiger partial charge in [-0.25, -0.2) is 0 Å². The van der Waals surface area contributed by atoms with E-state index in [1.165, 1.54) is 55.7 Å². The summed E-state index contributed by atoms with van der Waals surface area (Å²) < 4.78 is 1.21. The van der Waals surface area contributed by atoms with Crippen molar-refractivity contribution in [2.75, 3.05) is 46.3 Å². The fourth-order valence-electron chi connectivity index (χ4n) is 3.08. The summed E-state index contributed by atoms with van der Waals surface area (Å²) in [7, 11) is 2.06. The first-order valence-corrected chi connectivity index (χ1v) is 8.90. The first kappa shape index (κ1) is 16.9. The Morgan fingerprint density at radius 3 is 2.29 bits per heavy atom. The Balaban J connectivity index is 1.81. The monoisotopic (exact) mass is 353 g/mol. The van der Waals surface area contributed by atoms with Crippen molar-refractivity contribution in [1.29, 1.82) is 0 Å². The number of nitrogens with zero attached hydrogens (tertiary/aromatic N) is 2. The van der Waals surface area contributed by atoms with Crippen LogP contribution in [0, 0.1) is 0 Å². The summed E-state index contributed by atoms with van der Waals surface area (Å²) in [5.41, 5.74) is 1.37. The van der Waals surface area contributed by atoms with E-state index < -0.39 is 0 Å². The molecule has 0 bridgehead atoms. The maximum Gasteiger partial charge on any atom is 0.0340 e. The predicted molar refractivity (Wildman–Crippen MR) is 93.7 cm³/mol. The molecule has 1 unspecified atom stereocenters. The molecule has 0 spiro atoms. The van der Waals surface area contributed by atoms with Gasteiger partial charge in [0.2, 0.25) is 0 Å². The summed E-state index contributed by atoms with van der Waals surface area (Å²) in [5.74, 6) is 0. The van der Waals surface area contributed by atoms with Crippen LogP contribution in [0.4, 0.5) is 0 Å². The maximum absolute atomic E-state index is 3.67. The molecule has 21 heavy (non-hydrogen) atoms. The van der Waals surface area contributed by atoms with E-state index in [-0.39, 0.29) is 0 Å². The van der Waals surface area contributed by atoms with Gasteiger partial charge in [-0.2, -0.15) is 0 Å². The molecule has 3 nitrogen and oxygen atoms in total. The van der Waals surface area contributed by atoms with Crippen LogP contribution < -0.4 is 5.32 Å². The summed E-state index contributed by atoms with van der Waals surface area (Å²) in [4.78, 5) is 5.19. The fourth-order valence-corrected chi connectivity index (χ4v) is 3.64. The van der Waals surface area contributed by atoms with E-state index in [2.05, 4.69) is 69.3 Å². The highest BCUT2D eigenvalue weighted by Gasteiger charge is 2.18. The molecule has 0 saturated carbocycles. The van der Waals surface area contributed by atoms with Gasteiger partial charge in [0.05, 0.1) is 0 Å². The number of hydrogen-bond acceptors (Lipinski definition) is 3. The average molecular weight is 354 g/mol. The van der Waals surface area contributed by atoms with Gasteiger partial charge in [-0.15, -0.1) is 0 Å². The van der Waals surface area contributed by atoms with Gasteiger partial charge in [-0.05, 0) is 38.1 Å². The second-order valence-electron chi connectivity index (χ2n) is 5.83. The lowest BCUT2D eigenvalue weighted by Gasteiger charge is -2.35. The molecule has 1 fully saturated rings. The van der Waals surface area contributed by atoms with Crippen molar-refractivity contribution in [3.63, 3.8) is 0 Å². The summed E-state index contributed by atoms with van der Waals surface area (Å²) in [6, 6.07) is 8.96. The Bertz CT molecular complexity index is 416. The van der Waals surface area contributed by atoms with Crippen LogP contribution in [-0.4, -0.2) is 56.1 Å². The lowest BCUT2D eigenvalue weighted by atomic mass is 10.0. The largest absolute Gasteiger partial charge is 0.313 e. The first-order chi connectivity index (χ1) is 10.2. The van der Waals surface area contributed by atoms with Crippen LogP contribution >= 0.6 is 15.9 Å². The zero-order valence-corrected chi connectivity index (χ0v) is 14.9. The number of hydrogen-bond donors (Lipinski definition) is 1. The molecular weight excluding hydrogens is 326 g/mol. The molecular formula is C17H28BrN3. The molecule has 1 aromatic rings. The summed E-state index contributed by atoms with van der Waals surface area (Å²) in [6.45, 7) is 9.58. The van der Waals surface area contributed by atoms with Crippen molar-refractivity contribution < 1.29 is 0 Å². The highest BCUT2D eigenvalue weighted by atomic mass is 79.9. The Morgan fingerprint density at radius 1 is 1.10 bits per heavy atom. The molecule has 0 aliphatic carbocycles. The molecule has 2 rings (SSSR count). The van der Waals surface area contributed by atoms with Crippen LogP contribution in [0.25, 0.3) is 0 Å². The van der Waals surface area contributed by atoms with Gasteiger partial charge >= 0.3 is 0 Å². The average Bonchev–Trinajstić information content (AvgIpc) is 2.51. The number of rotatable bonds is 7. The zero-order valence-electron chi connectivity index (χ0n) is 13.3. The normalized spacial score (nSPS) is 18.8. The Hall–Kier alpha value is -0.420. The summed E-state index contributed by atoms with van der Waals surface area (Å²) in [5, 5.41) is 3.46. The summed E-state index contributed by atoms with van der Waals surface area (Å²) >= 11 is 3.67. The molecule has 1 saturated heterocycles. The Morgan fingerprint density at radius 2 is 1.71 bits per heavy atom. The third kappa shape index (κ3) is 5.06. The van der Waals surface area contributed by atoms with E-state index in [4.69, 9.17) is 0 Å². The van der Waals surface area contributed by atoms with Crippen LogP contribution in [0.2, 0.25) is 0 Å². The third-order valence-corrected chi connectivity index (χ3v) is 5.09. The number of benzene rings is 1. The smallest absolute Gasteiger partial charge is 0.0340 e. The highest BCUT2D eigenvalue weighted by Crippen LogP contribution is 2.25. The number of halogens is 1. The standard InChI is InChI=1S/C17H28BrN3/c1-3-9-20-11-13-21(14-12-20)10-8-17(19-2)15-6-4-5-7-16(15)18/h4-7,17,19H,3,8-14H2,1-2H3. The second kappa shape index (κ2) is 8.89. The molecule has 1 atom stereocenters. The van der Waals surface area contributed by atoms with Crippen molar-refractivity contribution >= 4 is 15.9 Å². The SMILES string of the molecule is CCCN1CCN(CCC(NC)c2ccccc2Br)CC1. The molecule has 118 valence electrons. The lowest BCUT2D eigenvalue weighted by molar-refractivity contribution is 0.128. The van der Waals surface area contributed by atoms with E-state index in [0.29, 0.717) is 6.04 Å².